The Bertz CT molecular complexity index is 751. The Morgan fingerprint density at radius 3 is 2.40 bits per heavy atom. The van der Waals surface area contributed by atoms with Crippen molar-refractivity contribution in [1.82, 2.24) is 4.90 Å². The van der Waals surface area contributed by atoms with Crippen molar-refractivity contribution in [2.45, 2.75) is 39.7 Å². The van der Waals surface area contributed by atoms with Crippen LogP contribution in [0.25, 0.3) is 0 Å². The van der Waals surface area contributed by atoms with Crippen molar-refractivity contribution in [2.75, 3.05) is 13.1 Å². The van der Waals surface area contributed by atoms with E-state index >= 15 is 0 Å². The van der Waals surface area contributed by atoms with Crippen LogP contribution in [-0.4, -0.2) is 29.1 Å². The van der Waals surface area contributed by atoms with Crippen LogP contribution >= 0.6 is 0 Å². The van der Waals surface area contributed by atoms with Crippen molar-refractivity contribution in [3.63, 3.8) is 0 Å². The maximum Gasteiger partial charge on any atom is 0.307 e. The summed E-state index contributed by atoms with van der Waals surface area (Å²) in [5.74, 6) is -0.944. The summed E-state index contributed by atoms with van der Waals surface area (Å²) in [6.07, 6.45) is 1.71. The minimum Gasteiger partial charge on any atom is -0.481 e. The van der Waals surface area contributed by atoms with Crippen molar-refractivity contribution in [2.24, 2.45) is 5.92 Å². The fourth-order valence-corrected chi connectivity index (χ4v) is 3.91. The van der Waals surface area contributed by atoms with Crippen LogP contribution in [-0.2, 0) is 4.79 Å². The van der Waals surface area contributed by atoms with Gasteiger partial charge in [-0.2, -0.15) is 0 Å². The molecule has 132 valence electrons. The van der Waals surface area contributed by atoms with E-state index in [2.05, 4.69) is 68.1 Å². The average molecular weight is 337 g/mol. The molecule has 1 aliphatic rings. The molecule has 1 N–H and O–H groups in total. The van der Waals surface area contributed by atoms with Gasteiger partial charge in [-0.15, -0.1) is 0 Å². The monoisotopic (exact) mass is 337 g/mol. The number of hydrogen-bond acceptors (Lipinski definition) is 2. The second-order valence-electron chi connectivity index (χ2n) is 7.35. The average Bonchev–Trinajstić information content (AvgIpc) is 2.59. The summed E-state index contributed by atoms with van der Waals surface area (Å²) in [5.41, 5.74) is 6.28. The number of aryl methyl sites for hydroxylation is 3. The van der Waals surface area contributed by atoms with Crippen LogP contribution in [0.2, 0.25) is 0 Å². The van der Waals surface area contributed by atoms with Crippen molar-refractivity contribution in [3.8, 4) is 0 Å². The molecule has 3 heteroatoms. The fourth-order valence-electron chi connectivity index (χ4n) is 3.91. The van der Waals surface area contributed by atoms with Gasteiger partial charge in [-0.3, -0.25) is 9.69 Å². The number of carbonyl (C=O) groups is 1. The highest BCUT2D eigenvalue weighted by Gasteiger charge is 2.31. The third-order valence-corrected chi connectivity index (χ3v) is 5.28. The van der Waals surface area contributed by atoms with Crippen LogP contribution in [0.15, 0.2) is 42.5 Å². The molecule has 2 aromatic carbocycles. The van der Waals surface area contributed by atoms with Crippen LogP contribution < -0.4 is 0 Å². The second-order valence-corrected chi connectivity index (χ2v) is 7.35. The Balaban J connectivity index is 2.02. The molecule has 0 saturated carbocycles. The molecule has 0 bridgehead atoms. The zero-order valence-electron chi connectivity index (χ0n) is 15.3. The van der Waals surface area contributed by atoms with Gasteiger partial charge in [0.1, 0.15) is 0 Å². The van der Waals surface area contributed by atoms with Crippen LogP contribution in [0.1, 0.15) is 46.7 Å². The minimum atomic E-state index is -0.673. The largest absolute Gasteiger partial charge is 0.481 e. The number of carboxylic acid groups (broad SMARTS) is 1. The molecule has 0 aliphatic carbocycles. The lowest BCUT2D eigenvalue weighted by Crippen LogP contribution is -2.41. The first kappa shape index (κ1) is 17.7. The molecule has 2 aromatic rings. The summed E-state index contributed by atoms with van der Waals surface area (Å²) in [5, 5.41) is 9.48. The van der Waals surface area contributed by atoms with Gasteiger partial charge >= 0.3 is 5.97 Å². The van der Waals surface area contributed by atoms with E-state index in [9.17, 15) is 9.90 Å². The topological polar surface area (TPSA) is 40.5 Å². The van der Waals surface area contributed by atoms with Crippen LogP contribution in [0, 0.1) is 26.7 Å². The van der Waals surface area contributed by atoms with Gasteiger partial charge < -0.3 is 5.11 Å². The van der Waals surface area contributed by atoms with Crippen LogP contribution in [0.4, 0.5) is 0 Å². The highest BCUT2D eigenvalue weighted by Crippen LogP contribution is 2.34. The molecular formula is C22H27NO2. The SMILES string of the molecule is Cc1ccc(C(c2ccc(C)cc2C)N2CCCC(C(=O)O)C2)cc1. The Morgan fingerprint density at radius 2 is 1.76 bits per heavy atom. The molecule has 2 unspecified atom stereocenters. The molecule has 3 rings (SSSR count). The third-order valence-electron chi connectivity index (χ3n) is 5.28. The van der Waals surface area contributed by atoms with E-state index in [1.165, 1.54) is 27.8 Å². The highest BCUT2D eigenvalue weighted by molar-refractivity contribution is 5.70. The predicted molar refractivity (Wildman–Crippen MR) is 101 cm³/mol. The van der Waals surface area contributed by atoms with E-state index in [1.54, 1.807) is 0 Å². The fraction of sp³-hybridized carbons (Fsp3) is 0.409. The number of rotatable bonds is 4. The highest BCUT2D eigenvalue weighted by atomic mass is 16.4. The summed E-state index contributed by atoms with van der Waals surface area (Å²) in [6.45, 7) is 7.91. The lowest BCUT2D eigenvalue weighted by atomic mass is 9.89. The first-order chi connectivity index (χ1) is 12.0. The Labute approximate surface area is 150 Å². The number of carboxylic acids is 1. The molecule has 0 aromatic heterocycles. The summed E-state index contributed by atoms with van der Waals surface area (Å²) in [6, 6.07) is 15.3. The molecule has 0 spiro atoms. The third kappa shape index (κ3) is 3.93. The zero-order chi connectivity index (χ0) is 18.0. The molecule has 0 amide bonds. The van der Waals surface area contributed by atoms with Crippen molar-refractivity contribution < 1.29 is 9.90 Å². The maximum atomic E-state index is 11.5. The minimum absolute atomic E-state index is 0.114. The molecule has 1 heterocycles. The van der Waals surface area contributed by atoms with Gasteiger partial charge in [0.25, 0.3) is 0 Å². The van der Waals surface area contributed by atoms with Crippen molar-refractivity contribution in [1.29, 1.82) is 0 Å². The molecule has 1 fully saturated rings. The normalized spacial score (nSPS) is 19.6. The number of benzene rings is 2. The smallest absolute Gasteiger partial charge is 0.307 e. The van der Waals surface area contributed by atoms with Gasteiger partial charge in [0.15, 0.2) is 0 Å². The lowest BCUT2D eigenvalue weighted by Gasteiger charge is -2.38. The van der Waals surface area contributed by atoms with Gasteiger partial charge in [-0.05, 0) is 56.8 Å². The molecule has 0 radical (unpaired) electrons. The molecular weight excluding hydrogens is 310 g/mol. The Morgan fingerprint density at radius 1 is 1.08 bits per heavy atom. The van der Waals surface area contributed by atoms with Crippen molar-refractivity contribution >= 4 is 5.97 Å². The number of hydrogen-bond donors (Lipinski definition) is 1. The molecule has 2 atom stereocenters. The number of nitrogens with zero attached hydrogens (tertiary/aromatic N) is 1. The maximum absolute atomic E-state index is 11.5. The quantitative estimate of drug-likeness (QED) is 0.893. The molecule has 25 heavy (non-hydrogen) atoms. The zero-order valence-corrected chi connectivity index (χ0v) is 15.3. The van der Waals surface area contributed by atoms with Crippen LogP contribution in [0.5, 0.6) is 0 Å². The first-order valence-electron chi connectivity index (χ1n) is 9.06. The van der Waals surface area contributed by atoms with E-state index in [1.807, 2.05) is 0 Å². The van der Waals surface area contributed by atoms with E-state index in [0.717, 1.165) is 19.4 Å². The van der Waals surface area contributed by atoms with Gasteiger partial charge in [-0.25, -0.2) is 0 Å². The van der Waals surface area contributed by atoms with E-state index < -0.39 is 5.97 Å². The predicted octanol–water partition coefficient (Wildman–Crippen LogP) is 4.50. The van der Waals surface area contributed by atoms with Gasteiger partial charge in [0.05, 0.1) is 12.0 Å². The van der Waals surface area contributed by atoms with Crippen LogP contribution in [0.3, 0.4) is 0 Å². The Hall–Kier alpha value is -2.13. The standard InChI is InChI=1S/C22H27NO2/c1-15-6-9-18(10-7-15)21(20-11-8-16(2)13-17(20)3)23-12-4-5-19(14-23)22(24)25/h6-11,13,19,21H,4-5,12,14H2,1-3H3,(H,24,25). The van der Waals surface area contributed by atoms with E-state index in [0.29, 0.717) is 6.54 Å². The number of likely N-dealkylation sites (tertiary alicyclic amines) is 1. The molecule has 1 saturated heterocycles. The second kappa shape index (κ2) is 7.40. The molecule has 3 nitrogen and oxygen atoms in total. The summed E-state index contributed by atoms with van der Waals surface area (Å²) in [4.78, 5) is 13.9. The van der Waals surface area contributed by atoms with E-state index in [4.69, 9.17) is 0 Å². The van der Waals surface area contributed by atoms with E-state index in [-0.39, 0.29) is 12.0 Å². The lowest BCUT2D eigenvalue weighted by molar-refractivity contribution is -0.143. The van der Waals surface area contributed by atoms with Gasteiger partial charge in [-0.1, -0.05) is 53.6 Å². The number of piperidine rings is 1. The summed E-state index contributed by atoms with van der Waals surface area (Å²) < 4.78 is 0. The van der Waals surface area contributed by atoms with Gasteiger partial charge in [0.2, 0.25) is 0 Å². The summed E-state index contributed by atoms with van der Waals surface area (Å²) >= 11 is 0. The van der Waals surface area contributed by atoms with Crippen molar-refractivity contribution in [3.05, 3.63) is 70.3 Å². The number of aliphatic carboxylic acids is 1. The summed E-state index contributed by atoms with van der Waals surface area (Å²) in [7, 11) is 0. The Kier molecular flexibility index (Phi) is 5.24. The first-order valence-corrected chi connectivity index (χ1v) is 9.06. The van der Waals surface area contributed by atoms with Gasteiger partial charge in [0, 0.05) is 6.54 Å². The molecule has 1 aliphatic heterocycles.